The van der Waals surface area contributed by atoms with Gasteiger partial charge in [0, 0.05) is 32.5 Å². The van der Waals surface area contributed by atoms with Gasteiger partial charge in [-0.3, -0.25) is 4.57 Å². The standard InChI is InChI=1S/C54H33N3O/c1-2-10-39-31-40(26-23-34(39)9-1)35-21-24-38(25-22-35)53-45-13-3-6-14-48(45)55-54(56-53)57-49-15-7-4-11-43(49)46-32-41(27-29-50(46)57)36-17-19-37(20-18-36)42-28-30-52-47(33-42)44-12-5-8-16-51(44)58-52/h1-33H. The van der Waals surface area contributed by atoms with E-state index in [-0.39, 0.29) is 0 Å². The molecule has 0 aliphatic carbocycles. The van der Waals surface area contributed by atoms with Crippen molar-refractivity contribution in [2.45, 2.75) is 0 Å². The van der Waals surface area contributed by atoms with Gasteiger partial charge in [0.1, 0.15) is 11.2 Å². The Kier molecular flexibility index (Phi) is 7.20. The van der Waals surface area contributed by atoms with Gasteiger partial charge in [0.25, 0.3) is 0 Å². The maximum absolute atomic E-state index is 6.08. The van der Waals surface area contributed by atoms with Crippen molar-refractivity contribution in [2.75, 3.05) is 0 Å². The van der Waals surface area contributed by atoms with Crippen molar-refractivity contribution < 1.29 is 4.42 Å². The van der Waals surface area contributed by atoms with E-state index in [9.17, 15) is 0 Å². The minimum atomic E-state index is 0.651. The van der Waals surface area contributed by atoms with Crippen molar-refractivity contribution in [3.63, 3.8) is 0 Å². The minimum Gasteiger partial charge on any atom is -0.456 e. The first-order valence-electron chi connectivity index (χ1n) is 19.6. The highest BCUT2D eigenvalue weighted by Crippen LogP contribution is 2.38. The van der Waals surface area contributed by atoms with Crippen molar-refractivity contribution in [3.05, 3.63) is 200 Å². The van der Waals surface area contributed by atoms with Gasteiger partial charge in [-0.15, -0.1) is 0 Å². The lowest BCUT2D eigenvalue weighted by Gasteiger charge is -2.12. The third-order valence-electron chi connectivity index (χ3n) is 11.6. The lowest BCUT2D eigenvalue weighted by atomic mass is 9.98. The van der Waals surface area contributed by atoms with E-state index in [1.165, 1.54) is 33.0 Å². The summed E-state index contributed by atoms with van der Waals surface area (Å²) in [6.45, 7) is 0. The topological polar surface area (TPSA) is 43.9 Å². The molecule has 3 aromatic heterocycles. The molecular formula is C54H33N3O. The first kappa shape index (κ1) is 32.4. The number of nitrogens with zero attached hydrogens (tertiary/aromatic N) is 3. The van der Waals surface area contributed by atoms with Gasteiger partial charge in [-0.2, -0.15) is 0 Å². The smallest absolute Gasteiger partial charge is 0.235 e. The summed E-state index contributed by atoms with van der Waals surface area (Å²) in [7, 11) is 0. The third kappa shape index (κ3) is 5.23. The van der Waals surface area contributed by atoms with Gasteiger partial charge in [0.15, 0.2) is 0 Å². The predicted octanol–water partition coefficient (Wildman–Crippen LogP) is 14.4. The lowest BCUT2D eigenvalue weighted by Crippen LogP contribution is -2.03. The summed E-state index contributed by atoms with van der Waals surface area (Å²) < 4.78 is 8.29. The molecule has 0 aliphatic heterocycles. The largest absolute Gasteiger partial charge is 0.456 e. The lowest BCUT2D eigenvalue weighted by molar-refractivity contribution is 0.669. The van der Waals surface area contributed by atoms with Crippen LogP contribution in [0.5, 0.6) is 0 Å². The van der Waals surface area contributed by atoms with E-state index < -0.39 is 0 Å². The Bertz CT molecular complexity index is 3560. The molecule has 3 heterocycles. The van der Waals surface area contributed by atoms with Crippen LogP contribution in [0.25, 0.3) is 116 Å². The van der Waals surface area contributed by atoms with Crippen LogP contribution in [0, 0.1) is 0 Å². The van der Waals surface area contributed by atoms with E-state index in [1.54, 1.807) is 0 Å². The number of benzene rings is 9. The molecular weight excluding hydrogens is 707 g/mol. The molecule has 4 heteroatoms. The molecule has 4 nitrogen and oxygen atoms in total. The van der Waals surface area contributed by atoms with E-state index in [0.717, 1.165) is 77.0 Å². The third-order valence-corrected chi connectivity index (χ3v) is 11.6. The second-order valence-corrected chi connectivity index (χ2v) is 15.0. The van der Waals surface area contributed by atoms with E-state index in [0.29, 0.717) is 5.95 Å². The van der Waals surface area contributed by atoms with Crippen LogP contribution in [0.1, 0.15) is 0 Å². The molecule has 0 N–H and O–H groups in total. The van der Waals surface area contributed by atoms with Crippen LogP contribution < -0.4 is 0 Å². The Labute approximate surface area is 333 Å². The molecule has 0 saturated heterocycles. The van der Waals surface area contributed by atoms with Crippen LogP contribution in [0.3, 0.4) is 0 Å². The summed E-state index contributed by atoms with van der Waals surface area (Å²) in [4.78, 5) is 10.5. The summed E-state index contributed by atoms with van der Waals surface area (Å²) in [6.07, 6.45) is 0. The Morgan fingerprint density at radius 3 is 1.66 bits per heavy atom. The molecule has 12 rings (SSSR count). The Balaban J connectivity index is 0.934. The van der Waals surface area contributed by atoms with Crippen molar-refractivity contribution in [1.82, 2.24) is 14.5 Å². The van der Waals surface area contributed by atoms with E-state index in [4.69, 9.17) is 14.4 Å². The number of aromatic nitrogens is 3. The van der Waals surface area contributed by atoms with Gasteiger partial charge in [-0.1, -0.05) is 152 Å². The molecule has 0 spiro atoms. The first-order chi connectivity index (χ1) is 28.7. The molecule has 0 radical (unpaired) electrons. The Morgan fingerprint density at radius 1 is 0.328 bits per heavy atom. The minimum absolute atomic E-state index is 0.651. The van der Waals surface area contributed by atoms with Crippen LogP contribution >= 0.6 is 0 Å². The molecule has 0 fully saturated rings. The second kappa shape index (κ2) is 12.9. The number of para-hydroxylation sites is 3. The summed E-state index contributed by atoms with van der Waals surface area (Å²) in [6, 6.07) is 71.1. The molecule has 0 aliphatic rings. The molecule has 9 aromatic carbocycles. The molecule has 12 aromatic rings. The summed E-state index contributed by atoms with van der Waals surface area (Å²) >= 11 is 0. The summed E-state index contributed by atoms with van der Waals surface area (Å²) in [5, 5.41) is 8.10. The van der Waals surface area contributed by atoms with Gasteiger partial charge in [-0.05, 0) is 92.7 Å². The fourth-order valence-electron chi connectivity index (χ4n) is 8.70. The molecule has 0 bridgehead atoms. The fourth-order valence-corrected chi connectivity index (χ4v) is 8.70. The van der Waals surface area contributed by atoms with E-state index >= 15 is 0 Å². The fraction of sp³-hybridized carbons (Fsp3) is 0. The quantitative estimate of drug-likeness (QED) is 0.177. The maximum atomic E-state index is 6.08. The average molecular weight is 740 g/mol. The van der Waals surface area contributed by atoms with Crippen molar-refractivity contribution >= 4 is 65.4 Å². The molecule has 270 valence electrons. The number of fused-ring (bicyclic) bond motifs is 8. The highest BCUT2D eigenvalue weighted by Gasteiger charge is 2.18. The van der Waals surface area contributed by atoms with E-state index in [1.807, 2.05) is 18.2 Å². The molecule has 0 saturated carbocycles. The molecule has 0 atom stereocenters. The number of hydrogen-bond acceptors (Lipinski definition) is 3. The Hall–Kier alpha value is -7.82. The van der Waals surface area contributed by atoms with Gasteiger partial charge >= 0.3 is 0 Å². The van der Waals surface area contributed by atoms with Gasteiger partial charge in [0.05, 0.1) is 22.2 Å². The zero-order valence-electron chi connectivity index (χ0n) is 31.3. The number of furan rings is 1. The van der Waals surface area contributed by atoms with Crippen LogP contribution in [0.2, 0.25) is 0 Å². The normalized spacial score (nSPS) is 11.8. The average Bonchev–Trinajstić information content (AvgIpc) is 3.84. The number of rotatable bonds is 5. The second-order valence-electron chi connectivity index (χ2n) is 15.0. The summed E-state index contributed by atoms with van der Waals surface area (Å²) in [5.41, 5.74) is 13.8. The van der Waals surface area contributed by atoms with Gasteiger partial charge in [-0.25, -0.2) is 9.97 Å². The van der Waals surface area contributed by atoms with Crippen molar-refractivity contribution in [2.24, 2.45) is 0 Å². The van der Waals surface area contributed by atoms with Crippen LogP contribution in [0.15, 0.2) is 205 Å². The predicted molar refractivity (Wildman–Crippen MR) is 240 cm³/mol. The number of hydrogen-bond donors (Lipinski definition) is 0. The SMILES string of the molecule is c1ccc2cc(-c3ccc(-c4nc(-n5c6ccccc6c6cc(-c7ccc(-c8ccc9oc%10ccccc%10c9c8)cc7)ccc65)nc5ccccc45)cc3)ccc2c1. The monoisotopic (exact) mass is 739 g/mol. The highest BCUT2D eigenvalue weighted by atomic mass is 16.3. The summed E-state index contributed by atoms with van der Waals surface area (Å²) in [5.74, 6) is 0.651. The molecule has 0 unspecified atom stereocenters. The van der Waals surface area contributed by atoms with Crippen molar-refractivity contribution in [1.29, 1.82) is 0 Å². The zero-order valence-corrected chi connectivity index (χ0v) is 31.3. The van der Waals surface area contributed by atoms with Crippen molar-refractivity contribution in [3.8, 4) is 50.6 Å². The zero-order chi connectivity index (χ0) is 38.2. The Morgan fingerprint density at radius 2 is 0.862 bits per heavy atom. The molecule has 0 amide bonds. The highest BCUT2D eigenvalue weighted by molar-refractivity contribution is 6.11. The maximum Gasteiger partial charge on any atom is 0.235 e. The van der Waals surface area contributed by atoms with Crippen LogP contribution in [-0.4, -0.2) is 14.5 Å². The first-order valence-corrected chi connectivity index (χ1v) is 19.6. The van der Waals surface area contributed by atoms with Gasteiger partial charge < -0.3 is 4.42 Å². The van der Waals surface area contributed by atoms with Crippen LogP contribution in [0.4, 0.5) is 0 Å². The van der Waals surface area contributed by atoms with E-state index in [2.05, 4.69) is 187 Å². The van der Waals surface area contributed by atoms with Crippen LogP contribution in [-0.2, 0) is 0 Å². The van der Waals surface area contributed by atoms with Gasteiger partial charge in [0.2, 0.25) is 5.95 Å². The molecule has 58 heavy (non-hydrogen) atoms.